The van der Waals surface area contributed by atoms with Crippen LogP contribution >= 0.6 is 0 Å². The number of nitrogens with zero attached hydrogens (tertiary/aromatic N) is 1. The molecule has 2 aromatic carbocycles. The van der Waals surface area contributed by atoms with Crippen LogP contribution < -0.4 is 15.1 Å². The lowest BCUT2D eigenvalue weighted by Gasteiger charge is -2.33. The van der Waals surface area contributed by atoms with Gasteiger partial charge in [-0.3, -0.25) is 9.59 Å². The molecule has 1 aliphatic heterocycles. The van der Waals surface area contributed by atoms with Gasteiger partial charge in [0, 0.05) is 16.9 Å². The average Bonchev–Trinajstić information content (AvgIpc) is 2.74. The molecule has 0 saturated carbocycles. The quantitative estimate of drug-likeness (QED) is 0.563. The Kier molecular flexibility index (Phi) is 6.61. The monoisotopic (exact) mass is 396 g/mol. The second-order valence-corrected chi connectivity index (χ2v) is 7.13. The van der Waals surface area contributed by atoms with Crippen LogP contribution in [0.1, 0.15) is 27.6 Å². The maximum Gasteiger partial charge on any atom is 0.337 e. The van der Waals surface area contributed by atoms with E-state index in [9.17, 15) is 14.4 Å². The summed E-state index contributed by atoms with van der Waals surface area (Å²) in [5, 5.41) is 2.88. The van der Waals surface area contributed by atoms with Crippen LogP contribution in [-0.2, 0) is 9.53 Å². The third kappa shape index (κ3) is 5.42. The van der Waals surface area contributed by atoms with E-state index in [1.54, 1.807) is 31.2 Å². The maximum atomic E-state index is 12.3. The molecule has 7 heteroatoms. The highest BCUT2D eigenvalue weighted by Crippen LogP contribution is 2.15. The van der Waals surface area contributed by atoms with Crippen molar-refractivity contribution in [2.24, 2.45) is 0 Å². The molecule has 0 atom stereocenters. The molecule has 0 spiro atoms. The SMILES string of the molecule is COC(=O)c1ccc(NC(=O)C[NH+]2CCN(c3ccc(C(C)=O)cc3)CC2)cc1. The van der Waals surface area contributed by atoms with E-state index >= 15 is 0 Å². The molecule has 1 aliphatic rings. The molecule has 0 radical (unpaired) electrons. The number of hydrogen-bond donors (Lipinski definition) is 2. The lowest BCUT2D eigenvalue weighted by atomic mass is 10.1. The Morgan fingerprint density at radius 1 is 0.966 bits per heavy atom. The smallest absolute Gasteiger partial charge is 0.337 e. The Morgan fingerprint density at radius 2 is 1.55 bits per heavy atom. The zero-order chi connectivity index (χ0) is 20.8. The van der Waals surface area contributed by atoms with Crippen molar-refractivity contribution < 1.29 is 24.0 Å². The van der Waals surface area contributed by atoms with Crippen molar-refractivity contribution in [1.29, 1.82) is 0 Å². The Hall–Kier alpha value is -3.19. The number of amides is 1. The molecule has 7 nitrogen and oxygen atoms in total. The van der Waals surface area contributed by atoms with Gasteiger partial charge in [-0.1, -0.05) is 0 Å². The lowest BCUT2D eigenvalue weighted by Crippen LogP contribution is -3.15. The molecule has 1 amide bonds. The van der Waals surface area contributed by atoms with Crippen LogP contribution in [0.2, 0.25) is 0 Å². The van der Waals surface area contributed by atoms with Crippen LogP contribution in [0, 0.1) is 0 Å². The van der Waals surface area contributed by atoms with E-state index in [1.807, 2.05) is 24.3 Å². The van der Waals surface area contributed by atoms with Gasteiger partial charge in [-0.25, -0.2) is 4.79 Å². The highest BCUT2D eigenvalue weighted by Gasteiger charge is 2.22. The Bertz CT molecular complexity index is 870. The molecule has 0 aromatic heterocycles. The molecule has 152 valence electrons. The van der Waals surface area contributed by atoms with Crippen LogP contribution in [0.4, 0.5) is 11.4 Å². The van der Waals surface area contributed by atoms with Crippen molar-refractivity contribution in [2.75, 3.05) is 50.1 Å². The number of nitrogens with one attached hydrogen (secondary N) is 2. The molecule has 0 bridgehead atoms. The number of Topliss-reactive ketones (excluding diaryl/α,β-unsaturated/α-hetero) is 1. The van der Waals surface area contributed by atoms with E-state index in [4.69, 9.17) is 0 Å². The van der Waals surface area contributed by atoms with Gasteiger partial charge in [0.15, 0.2) is 12.3 Å². The normalized spacial score (nSPS) is 14.3. The predicted molar refractivity (Wildman–Crippen MR) is 111 cm³/mol. The number of methoxy groups -OCH3 is 1. The third-order valence-electron chi connectivity index (χ3n) is 5.11. The number of esters is 1. The number of anilines is 2. The van der Waals surface area contributed by atoms with Crippen LogP contribution in [0.15, 0.2) is 48.5 Å². The zero-order valence-electron chi connectivity index (χ0n) is 16.7. The number of benzene rings is 2. The molecule has 2 aromatic rings. The number of carbonyl (C=O) groups excluding carboxylic acids is 3. The zero-order valence-corrected chi connectivity index (χ0v) is 16.7. The van der Waals surface area contributed by atoms with Crippen molar-refractivity contribution in [3.05, 3.63) is 59.7 Å². The van der Waals surface area contributed by atoms with Crippen LogP contribution in [0.5, 0.6) is 0 Å². The summed E-state index contributed by atoms with van der Waals surface area (Å²) in [5.74, 6) is -0.386. The van der Waals surface area contributed by atoms with Crippen LogP contribution in [0.25, 0.3) is 0 Å². The molecule has 1 fully saturated rings. The highest BCUT2D eigenvalue weighted by atomic mass is 16.5. The molecule has 0 aliphatic carbocycles. The standard InChI is InChI=1S/C22H25N3O4/c1-16(26)17-5-9-20(10-6-17)25-13-11-24(12-14-25)15-21(27)23-19-7-3-18(4-8-19)22(28)29-2/h3-10H,11-15H2,1-2H3,(H,23,27)/p+1. The van der Waals surface area contributed by atoms with Gasteiger partial charge in [-0.15, -0.1) is 0 Å². The fraction of sp³-hybridized carbons (Fsp3) is 0.318. The number of hydrogen-bond acceptors (Lipinski definition) is 5. The number of rotatable bonds is 6. The summed E-state index contributed by atoms with van der Waals surface area (Å²) in [6.07, 6.45) is 0. The van der Waals surface area contributed by atoms with Crippen molar-refractivity contribution in [1.82, 2.24) is 0 Å². The number of ketones is 1. The first kappa shape index (κ1) is 20.5. The van der Waals surface area contributed by atoms with E-state index in [1.165, 1.54) is 12.0 Å². The molecule has 3 rings (SSSR count). The van der Waals surface area contributed by atoms with E-state index < -0.39 is 5.97 Å². The first-order chi connectivity index (χ1) is 14.0. The Labute approximate surface area is 170 Å². The summed E-state index contributed by atoms with van der Waals surface area (Å²) in [6.45, 7) is 5.41. The molecular weight excluding hydrogens is 370 g/mol. The summed E-state index contributed by atoms with van der Waals surface area (Å²) in [4.78, 5) is 38.7. The fourth-order valence-electron chi connectivity index (χ4n) is 3.40. The summed E-state index contributed by atoms with van der Waals surface area (Å²) in [5.41, 5.74) is 2.92. The minimum atomic E-state index is -0.402. The number of piperazine rings is 1. The van der Waals surface area contributed by atoms with Gasteiger partial charge in [0.25, 0.3) is 5.91 Å². The van der Waals surface area contributed by atoms with Crippen LogP contribution in [-0.4, -0.2) is 57.5 Å². The Balaban J connectivity index is 1.47. The largest absolute Gasteiger partial charge is 0.465 e. The first-order valence-corrected chi connectivity index (χ1v) is 9.64. The number of carbonyl (C=O) groups is 3. The summed E-state index contributed by atoms with van der Waals surface area (Å²) in [7, 11) is 1.34. The van der Waals surface area contributed by atoms with Crippen molar-refractivity contribution in [3.63, 3.8) is 0 Å². The Morgan fingerprint density at radius 3 is 2.10 bits per heavy atom. The summed E-state index contributed by atoms with van der Waals surface area (Å²) >= 11 is 0. The number of quaternary nitrogens is 1. The van der Waals surface area contributed by atoms with E-state index in [0.29, 0.717) is 23.4 Å². The van der Waals surface area contributed by atoms with Gasteiger partial charge in [0.2, 0.25) is 0 Å². The van der Waals surface area contributed by atoms with Gasteiger partial charge in [0.1, 0.15) is 0 Å². The molecule has 1 saturated heterocycles. The van der Waals surface area contributed by atoms with Gasteiger partial charge in [-0.05, 0) is 55.5 Å². The average molecular weight is 396 g/mol. The molecule has 1 heterocycles. The molecule has 0 unspecified atom stereocenters. The molecule has 29 heavy (non-hydrogen) atoms. The van der Waals surface area contributed by atoms with Gasteiger partial charge in [-0.2, -0.15) is 0 Å². The van der Waals surface area contributed by atoms with Gasteiger partial charge in [0.05, 0.1) is 38.9 Å². The van der Waals surface area contributed by atoms with Crippen molar-refractivity contribution >= 4 is 29.0 Å². The summed E-state index contributed by atoms with van der Waals surface area (Å²) in [6, 6.07) is 14.3. The second-order valence-electron chi connectivity index (χ2n) is 7.13. The lowest BCUT2D eigenvalue weighted by molar-refractivity contribution is -0.892. The minimum Gasteiger partial charge on any atom is -0.465 e. The van der Waals surface area contributed by atoms with E-state index in [2.05, 4.69) is 15.0 Å². The third-order valence-corrected chi connectivity index (χ3v) is 5.11. The van der Waals surface area contributed by atoms with Gasteiger partial charge >= 0.3 is 5.97 Å². The topological polar surface area (TPSA) is 80.2 Å². The maximum absolute atomic E-state index is 12.3. The molecular formula is C22H26N3O4+. The predicted octanol–water partition coefficient (Wildman–Crippen LogP) is 1.02. The van der Waals surface area contributed by atoms with Crippen LogP contribution in [0.3, 0.4) is 0 Å². The molecule has 2 N–H and O–H groups in total. The second kappa shape index (κ2) is 9.34. The highest BCUT2D eigenvalue weighted by molar-refractivity contribution is 5.94. The van der Waals surface area contributed by atoms with E-state index in [0.717, 1.165) is 31.9 Å². The fourth-order valence-corrected chi connectivity index (χ4v) is 3.40. The first-order valence-electron chi connectivity index (χ1n) is 9.64. The van der Waals surface area contributed by atoms with Crippen molar-refractivity contribution in [3.8, 4) is 0 Å². The summed E-state index contributed by atoms with van der Waals surface area (Å²) < 4.78 is 4.67. The van der Waals surface area contributed by atoms with Gasteiger partial charge < -0.3 is 19.9 Å². The van der Waals surface area contributed by atoms with Crippen molar-refractivity contribution in [2.45, 2.75) is 6.92 Å². The number of ether oxygens (including phenoxy) is 1. The van der Waals surface area contributed by atoms with E-state index in [-0.39, 0.29) is 11.7 Å². The minimum absolute atomic E-state index is 0.0509.